The number of carbonyl (C=O) groups is 3. The predicted octanol–water partition coefficient (Wildman–Crippen LogP) is 1.62. The Bertz CT molecular complexity index is 530. The fraction of sp³-hybridized carbons (Fsp3) is 0.400. The van der Waals surface area contributed by atoms with Crippen LogP contribution in [0.15, 0.2) is 30.3 Å². The second-order valence-electron chi connectivity index (χ2n) is 4.79. The van der Waals surface area contributed by atoms with Crippen LogP contribution in [0.2, 0.25) is 0 Å². The third-order valence-corrected chi connectivity index (χ3v) is 3.21. The van der Waals surface area contributed by atoms with E-state index in [0.29, 0.717) is 12.2 Å². The van der Waals surface area contributed by atoms with Crippen LogP contribution in [0.25, 0.3) is 0 Å². The van der Waals surface area contributed by atoms with Gasteiger partial charge in [0.1, 0.15) is 12.6 Å². The Kier molecular flexibility index (Phi) is 4.92. The van der Waals surface area contributed by atoms with Crippen LogP contribution in [-0.4, -0.2) is 36.0 Å². The van der Waals surface area contributed by atoms with Crippen LogP contribution >= 0.6 is 0 Å². The van der Waals surface area contributed by atoms with Crippen LogP contribution in [-0.2, 0) is 14.3 Å². The molecule has 1 N–H and O–H groups in total. The molecule has 1 aromatic carbocycles. The highest BCUT2D eigenvalue weighted by atomic mass is 16.5. The van der Waals surface area contributed by atoms with Crippen molar-refractivity contribution in [2.45, 2.75) is 25.8 Å². The molecule has 1 saturated heterocycles. The quantitative estimate of drug-likeness (QED) is 0.491. The summed E-state index contributed by atoms with van der Waals surface area (Å²) in [5.74, 6) is -1.00. The molecule has 0 spiro atoms. The minimum absolute atomic E-state index is 0.307. The van der Waals surface area contributed by atoms with E-state index >= 15 is 0 Å². The van der Waals surface area contributed by atoms with Crippen LogP contribution in [0.5, 0.6) is 0 Å². The van der Waals surface area contributed by atoms with Crippen LogP contribution in [0.4, 0.5) is 4.79 Å². The van der Waals surface area contributed by atoms with Crippen molar-refractivity contribution >= 4 is 17.9 Å². The van der Waals surface area contributed by atoms with Crippen molar-refractivity contribution in [2.24, 2.45) is 0 Å². The van der Waals surface area contributed by atoms with Gasteiger partial charge in [-0.15, -0.1) is 0 Å². The zero-order valence-corrected chi connectivity index (χ0v) is 11.9. The number of imide groups is 1. The number of esters is 1. The fourth-order valence-corrected chi connectivity index (χ4v) is 2.05. The van der Waals surface area contributed by atoms with Gasteiger partial charge >= 0.3 is 12.0 Å². The third-order valence-electron chi connectivity index (χ3n) is 3.21. The molecule has 1 atom stereocenters. The van der Waals surface area contributed by atoms with Crippen molar-refractivity contribution in [3.8, 4) is 0 Å². The molecule has 3 amide bonds. The largest absolute Gasteiger partial charge is 0.464 e. The van der Waals surface area contributed by atoms with E-state index < -0.39 is 23.9 Å². The van der Waals surface area contributed by atoms with Crippen molar-refractivity contribution < 1.29 is 19.1 Å². The molecule has 0 saturated carbocycles. The summed E-state index contributed by atoms with van der Waals surface area (Å²) in [7, 11) is 0. The Labute approximate surface area is 123 Å². The van der Waals surface area contributed by atoms with Crippen molar-refractivity contribution in [2.75, 3.05) is 13.2 Å². The van der Waals surface area contributed by atoms with E-state index in [1.807, 2.05) is 13.0 Å². The number of ether oxygens (including phenoxy) is 1. The fourth-order valence-electron chi connectivity index (χ4n) is 2.05. The highest BCUT2D eigenvalue weighted by molar-refractivity contribution is 6.06. The topological polar surface area (TPSA) is 75.7 Å². The molecule has 1 fully saturated rings. The molecule has 2 rings (SSSR count). The molecule has 21 heavy (non-hydrogen) atoms. The summed E-state index contributed by atoms with van der Waals surface area (Å²) < 4.78 is 4.97. The maximum Gasteiger partial charge on any atom is 0.326 e. The van der Waals surface area contributed by atoms with E-state index in [2.05, 4.69) is 5.32 Å². The summed E-state index contributed by atoms with van der Waals surface area (Å²) >= 11 is 0. The summed E-state index contributed by atoms with van der Waals surface area (Å²) in [4.78, 5) is 36.5. The van der Waals surface area contributed by atoms with Gasteiger partial charge in [-0.2, -0.15) is 0 Å². The first-order valence-electron chi connectivity index (χ1n) is 6.96. The highest BCUT2D eigenvalue weighted by Gasteiger charge is 2.39. The van der Waals surface area contributed by atoms with Gasteiger partial charge in [-0.25, -0.2) is 4.79 Å². The first kappa shape index (κ1) is 15.0. The molecule has 1 heterocycles. The van der Waals surface area contributed by atoms with Gasteiger partial charge < -0.3 is 10.1 Å². The lowest BCUT2D eigenvalue weighted by atomic mass is 10.1. The van der Waals surface area contributed by atoms with Crippen molar-refractivity contribution in [1.29, 1.82) is 0 Å². The Morgan fingerprint density at radius 1 is 1.29 bits per heavy atom. The first-order valence-corrected chi connectivity index (χ1v) is 6.96. The normalized spacial score (nSPS) is 17.8. The van der Waals surface area contributed by atoms with E-state index in [9.17, 15) is 14.4 Å². The lowest BCUT2D eigenvalue weighted by Crippen LogP contribution is -2.36. The van der Waals surface area contributed by atoms with Crippen LogP contribution < -0.4 is 5.32 Å². The smallest absolute Gasteiger partial charge is 0.326 e. The number of benzene rings is 1. The second kappa shape index (κ2) is 6.88. The molecule has 0 radical (unpaired) electrons. The Morgan fingerprint density at radius 3 is 2.67 bits per heavy atom. The molecule has 0 aliphatic carbocycles. The van der Waals surface area contributed by atoms with Gasteiger partial charge in [-0.3, -0.25) is 14.5 Å². The second-order valence-corrected chi connectivity index (χ2v) is 4.79. The predicted molar refractivity (Wildman–Crippen MR) is 75.3 cm³/mol. The number of nitrogens with one attached hydrogen (secondary N) is 1. The maximum atomic E-state index is 12.2. The number of hydrogen-bond donors (Lipinski definition) is 1. The molecule has 1 aromatic rings. The number of carbonyl (C=O) groups excluding carboxylic acids is 3. The molecular formula is C15H18N2O4. The summed E-state index contributed by atoms with van der Waals surface area (Å²) in [5.41, 5.74) is 0.692. The number of amides is 3. The molecule has 1 aliphatic rings. The minimum atomic E-state index is -0.734. The summed E-state index contributed by atoms with van der Waals surface area (Å²) in [6, 6.07) is 7.61. The zero-order valence-electron chi connectivity index (χ0n) is 11.9. The number of hydrogen-bond acceptors (Lipinski definition) is 4. The maximum absolute atomic E-state index is 12.2. The summed E-state index contributed by atoms with van der Waals surface area (Å²) in [6.45, 7) is 1.94. The average Bonchev–Trinajstić information content (AvgIpc) is 2.76. The van der Waals surface area contributed by atoms with E-state index in [-0.39, 0.29) is 6.54 Å². The number of unbranched alkanes of at least 4 members (excludes halogenated alkanes) is 1. The van der Waals surface area contributed by atoms with Gasteiger partial charge in [0.05, 0.1) is 6.61 Å². The van der Waals surface area contributed by atoms with E-state index in [1.54, 1.807) is 24.3 Å². The van der Waals surface area contributed by atoms with E-state index in [4.69, 9.17) is 4.74 Å². The number of nitrogens with zero attached hydrogens (tertiary/aromatic N) is 1. The van der Waals surface area contributed by atoms with Crippen LogP contribution in [0.1, 0.15) is 31.4 Å². The molecular weight excluding hydrogens is 272 g/mol. The molecule has 6 heteroatoms. The van der Waals surface area contributed by atoms with Crippen molar-refractivity contribution in [1.82, 2.24) is 10.2 Å². The molecule has 0 bridgehead atoms. The Balaban J connectivity index is 1.97. The lowest BCUT2D eigenvalue weighted by Gasteiger charge is -2.12. The van der Waals surface area contributed by atoms with Gasteiger partial charge in [-0.05, 0) is 12.0 Å². The lowest BCUT2D eigenvalue weighted by molar-refractivity contribution is -0.147. The monoisotopic (exact) mass is 290 g/mol. The summed E-state index contributed by atoms with van der Waals surface area (Å²) in [6.07, 6.45) is 1.67. The molecule has 1 unspecified atom stereocenters. The van der Waals surface area contributed by atoms with E-state index in [1.165, 1.54) is 0 Å². The number of urea groups is 1. The minimum Gasteiger partial charge on any atom is -0.464 e. The number of rotatable bonds is 6. The van der Waals surface area contributed by atoms with Crippen molar-refractivity contribution in [3.63, 3.8) is 0 Å². The van der Waals surface area contributed by atoms with Gasteiger partial charge in [0.15, 0.2) is 0 Å². The standard InChI is InChI=1S/C15H18N2O4/c1-2-3-9-21-12(18)10-17-14(19)13(16-15(17)20)11-7-5-4-6-8-11/h4-8,13H,2-3,9-10H2,1H3,(H,16,20). The van der Waals surface area contributed by atoms with Crippen LogP contribution in [0.3, 0.4) is 0 Å². The van der Waals surface area contributed by atoms with Gasteiger partial charge in [0, 0.05) is 0 Å². The SMILES string of the molecule is CCCCOC(=O)CN1C(=O)NC(c2ccccc2)C1=O. The van der Waals surface area contributed by atoms with Crippen molar-refractivity contribution in [3.05, 3.63) is 35.9 Å². The summed E-state index contributed by atoms with van der Waals surface area (Å²) in [5, 5.41) is 2.57. The average molecular weight is 290 g/mol. The zero-order chi connectivity index (χ0) is 15.2. The van der Waals surface area contributed by atoms with Crippen LogP contribution in [0, 0.1) is 0 Å². The molecule has 0 aromatic heterocycles. The van der Waals surface area contributed by atoms with Gasteiger partial charge in [0.2, 0.25) is 0 Å². The third kappa shape index (κ3) is 3.59. The molecule has 112 valence electrons. The Hall–Kier alpha value is -2.37. The van der Waals surface area contributed by atoms with Gasteiger partial charge in [0.25, 0.3) is 5.91 Å². The molecule has 6 nitrogen and oxygen atoms in total. The molecule has 1 aliphatic heterocycles. The highest BCUT2D eigenvalue weighted by Crippen LogP contribution is 2.21. The first-order chi connectivity index (χ1) is 10.1. The van der Waals surface area contributed by atoms with E-state index in [0.717, 1.165) is 17.7 Å². The Morgan fingerprint density at radius 2 is 2.00 bits per heavy atom. The van der Waals surface area contributed by atoms with Gasteiger partial charge in [-0.1, -0.05) is 43.7 Å².